The van der Waals surface area contributed by atoms with Gasteiger partial charge >= 0.3 is 0 Å². The molecule has 0 atom stereocenters. The van der Waals surface area contributed by atoms with Crippen molar-refractivity contribution < 1.29 is 9.13 Å². The van der Waals surface area contributed by atoms with Gasteiger partial charge in [-0.3, -0.25) is 0 Å². The molecule has 0 fully saturated rings. The predicted octanol–water partition coefficient (Wildman–Crippen LogP) is 3.28. The number of halogens is 1. The number of thiazole rings is 1. The number of hydrogen-bond acceptors (Lipinski definition) is 5. The van der Waals surface area contributed by atoms with Gasteiger partial charge in [-0.15, -0.1) is 0 Å². The van der Waals surface area contributed by atoms with E-state index in [-0.39, 0.29) is 5.82 Å². The summed E-state index contributed by atoms with van der Waals surface area (Å²) >= 11 is 1.38. The molecule has 0 spiro atoms. The molecule has 0 aliphatic heterocycles. The number of methoxy groups -OCH3 is 1. The molecular weight excluding hydrogens is 301 g/mol. The zero-order valence-corrected chi connectivity index (χ0v) is 12.8. The Hall–Kier alpha value is -2.65. The first kappa shape index (κ1) is 14.3. The minimum atomic E-state index is -0.329. The molecule has 0 aliphatic rings. The maximum Gasteiger partial charge on any atom is 0.214 e. The summed E-state index contributed by atoms with van der Waals surface area (Å²) in [6.45, 7) is 0. The van der Waals surface area contributed by atoms with Crippen LogP contribution in [0.4, 0.5) is 10.1 Å². The molecule has 2 heterocycles. The Balaban J connectivity index is 1.91. The maximum absolute atomic E-state index is 13.7. The third-order valence-electron chi connectivity index (χ3n) is 2.99. The first-order valence-electron chi connectivity index (χ1n) is 6.50. The van der Waals surface area contributed by atoms with Gasteiger partial charge in [0.1, 0.15) is 16.2 Å². The summed E-state index contributed by atoms with van der Waals surface area (Å²) in [6, 6.07) is 8.41. The monoisotopic (exact) mass is 313 g/mol. The van der Waals surface area contributed by atoms with Gasteiger partial charge in [0.15, 0.2) is 5.01 Å². The van der Waals surface area contributed by atoms with Crippen molar-refractivity contribution >= 4 is 27.4 Å². The van der Waals surface area contributed by atoms with Gasteiger partial charge in [-0.1, -0.05) is 17.3 Å². The molecule has 110 valence electrons. The lowest BCUT2D eigenvalue weighted by molar-refractivity contribution is 0.400. The molecule has 0 unspecified atom stereocenters. The SMILES string of the molecule is CNc1ccc(C#Cc2nc3ccc(OC)nc3s2)cc1F. The van der Waals surface area contributed by atoms with Gasteiger partial charge in [-0.2, -0.15) is 0 Å². The van der Waals surface area contributed by atoms with Gasteiger partial charge in [-0.25, -0.2) is 14.4 Å². The second-order valence-corrected chi connectivity index (χ2v) is 5.37. The number of ether oxygens (including phenoxy) is 1. The number of aromatic nitrogens is 2. The molecule has 2 aromatic heterocycles. The first-order chi connectivity index (χ1) is 10.7. The number of fused-ring (bicyclic) bond motifs is 1. The van der Waals surface area contributed by atoms with E-state index in [9.17, 15) is 4.39 Å². The highest BCUT2D eigenvalue weighted by atomic mass is 32.1. The predicted molar refractivity (Wildman–Crippen MR) is 85.9 cm³/mol. The average molecular weight is 313 g/mol. The molecule has 6 heteroatoms. The molecular formula is C16H12FN3OS. The van der Waals surface area contributed by atoms with Gasteiger partial charge in [0, 0.05) is 18.7 Å². The minimum Gasteiger partial charge on any atom is -0.481 e. The van der Waals surface area contributed by atoms with Crippen LogP contribution < -0.4 is 10.1 Å². The molecule has 22 heavy (non-hydrogen) atoms. The van der Waals surface area contributed by atoms with E-state index in [4.69, 9.17) is 4.74 Å². The summed E-state index contributed by atoms with van der Waals surface area (Å²) in [5, 5.41) is 3.40. The fourth-order valence-electron chi connectivity index (χ4n) is 1.89. The molecule has 0 saturated carbocycles. The molecule has 0 bridgehead atoms. The highest BCUT2D eigenvalue weighted by Crippen LogP contribution is 2.22. The number of rotatable bonds is 2. The lowest BCUT2D eigenvalue weighted by Gasteiger charge is -2.00. The summed E-state index contributed by atoms with van der Waals surface area (Å²) in [5.74, 6) is 6.07. The number of nitrogens with zero attached hydrogens (tertiary/aromatic N) is 2. The Morgan fingerprint density at radius 3 is 2.77 bits per heavy atom. The van der Waals surface area contributed by atoms with Crippen LogP contribution in [0.15, 0.2) is 30.3 Å². The molecule has 4 nitrogen and oxygen atoms in total. The van der Waals surface area contributed by atoms with Gasteiger partial charge in [0.05, 0.1) is 12.8 Å². The molecule has 1 N–H and O–H groups in total. The van der Waals surface area contributed by atoms with E-state index in [2.05, 4.69) is 27.1 Å². The van der Waals surface area contributed by atoms with Crippen molar-refractivity contribution in [1.82, 2.24) is 9.97 Å². The largest absolute Gasteiger partial charge is 0.481 e. The van der Waals surface area contributed by atoms with Crippen molar-refractivity contribution in [2.75, 3.05) is 19.5 Å². The standard InChI is InChI=1S/C16H12FN3OS/c1-18-12-5-3-10(9-11(12)17)4-8-15-19-13-6-7-14(21-2)20-16(13)22-15/h3,5-7,9,18H,1-2H3. The third-order valence-corrected chi connectivity index (χ3v) is 3.87. The van der Waals surface area contributed by atoms with Crippen LogP contribution in [0.2, 0.25) is 0 Å². The van der Waals surface area contributed by atoms with Gasteiger partial charge in [-0.05, 0) is 30.2 Å². The maximum atomic E-state index is 13.7. The molecule has 0 saturated heterocycles. The van der Waals surface area contributed by atoms with Crippen LogP contribution >= 0.6 is 11.3 Å². The van der Waals surface area contributed by atoms with E-state index in [1.165, 1.54) is 17.4 Å². The van der Waals surface area contributed by atoms with Crippen LogP contribution in [0.3, 0.4) is 0 Å². The van der Waals surface area contributed by atoms with Crippen molar-refractivity contribution in [3.05, 3.63) is 46.7 Å². The minimum absolute atomic E-state index is 0.329. The van der Waals surface area contributed by atoms with Gasteiger partial charge < -0.3 is 10.1 Å². The van der Waals surface area contributed by atoms with Crippen LogP contribution in [0.5, 0.6) is 5.88 Å². The topological polar surface area (TPSA) is 47.0 Å². The number of pyridine rings is 1. The van der Waals surface area contributed by atoms with Crippen molar-refractivity contribution in [3.63, 3.8) is 0 Å². The Labute approximate surface area is 131 Å². The van der Waals surface area contributed by atoms with Gasteiger partial charge in [0.25, 0.3) is 0 Å². The van der Waals surface area contributed by atoms with E-state index in [1.54, 1.807) is 32.4 Å². The smallest absolute Gasteiger partial charge is 0.214 e. The van der Waals surface area contributed by atoms with Crippen LogP contribution in [-0.2, 0) is 0 Å². The van der Waals surface area contributed by atoms with Gasteiger partial charge in [0.2, 0.25) is 5.88 Å². The molecule has 0 radical (unpaired) electrons. The molecule has 1 aromatic carbocycles. The second kappa shape index (κ2) is 6.00. The lowest BCUT2D eigenvalue weighted by atomic mass is 10.2. The summed E-state index contributed by atoms with van der Waals surface area (Å²) in [5.41, 5.74) is 1.81. The summed E-state index contributed by atoms with van der Waals surface area (Å²) in [7, 11) is 3.24. The first-order valence-corrected chi connectivity index (χ1v) is 7.32. The van der Waals surface area contributed by atoms with Crippen molar-refractivity contribution in [2.24, 2.45) is 0 Å². The molecule has 0 amide bonds. The Morgan fingerprint density at radius 2 is 2.05 bits per heavy atom. The highest BCUT2D eigenvalue weighted by Gasteiger charge is 2.05. The fourth-order valence-corrected chi connectivity index (χ4v) is 2.67. The number of nitrogens with one attached hydrogen (secondary N) is 1. The fraction of sp³-hybridized carbons (Fsp3) is 0.125. The van der Waals surface area contributed by atoms with Crippen LogP contribution in [-0.4, -0.2) is 24.1 Å². The Kier molecular flexibility index (Phi) is 3.90. The molecule has 3 rings (SSSR count). The Morgan fingerprint density at radius 1 is 1.18 bits per heavy atom. The molecule has 3 aromatic rings. The van der Waals surface area contributed by atoms with E-state index in [1.807, 2.05) is 6.07 Å². The summed E-state index contributed by atoms with van der Waals surface area (Å²) < 4.78 is 18.7. The second-order valence-electron chi connectivity index (χ2n) is 4.39. The van der Waals surface area contributed by atoms with Crippen LogP contribution in [0, 0.1) is 17.7 Å². The van der Waals surface area contributed by atoms with E-state index < -0.39 is 0 Å². The number of benzene rings is 1. The van der Waals surface area contributed by atoms with Crippen molar-refractivity contribution in [3.8, 4) is 17.7 Å². The lowest BCUT2D eigenvalue weighted by Crippen LogP contribution is -1.92. The van der Waals surface area contributed by atoms with E-state index in [0.717, 1.165) is 10.3 Å². The average Bonchev–Trinajstić information content (AvgIpc) is 2.94. The van der Waals surface area contributed by atoms with Crippen LogP contribution in [0.25, 0.3) is 10.3 Å². The Bertz CT molecular complexity index is 895. The normalized spacial score (nSPS) is 10.1. The van der Waals surface area contributed by atoms with E-state index >= 15 is 0 Å². The zero-order valence-electron chi connectivity index (χ0n) is 12.0. The number of anilines is 1. The summed E-state index contributed by atoms with van der Waals surface area (Å²) in [6.07, 6.45) is 0. The van der Waals surface area contributed by atoms with Crippen LogP contribution in [0.1, 0.15) is 10.6 Å². The van der Waals surface area contributed by atoms with E-state index in [0.29, 0.717) is 22.1 Å². The number of hydrogen-bond donors (Lipinski definition) is 1. The zero-order chi connectivity index (χ0) is 15.5. The van der Waals surface area contributed by atoms with Crippen molar-refractivity contribution in [2.45, 2.75) is 0 Å². The summed E-state index contributed by atoms with van der Waals surface area (Å²) in [4.78, 5) is 9.45. The quantitative estimate of drug-likeness (QED) is 0.738. The highest BCUT2D eigenvalue weighted by molar-refractivity contribution is 7.18. The molecule has 0 aliphatic carbocycles. The third kappa shape index (κ3) is 2.85. The van der Waals surface area contributed by atoms with Crippen molar-refractivity contribution in [1.29, 1.82) is 0 Å².